The normalized spacial score (nSPS) is 10.3. The maximum absolute atomic E-state index is 13.5. The van der Waals surface area contributed by atoms with E-state index < -0.39 is 5.82 Å². The summed E-state index contributed by atoms with van der Waals surface area (Å²) in [7, 11) is 3.41. The largest absolute Gasteiger partial charge is 0.495 e. The number of benzene rings is 2. The van der Waals surface area contributed by atoms with Crippen molar-refractivity contribution in [3.05, 3.63) is 46.7 Å². The molecule has 0 amide bonds. The molecule has 2 aromatic carbocycles. The molecule has 0 saturated heterocycles. The van der Waals surface area contributed by atoms with Crippen molar-refractivity contribution in [2.45, 2.75) is 0 Å². The first-order chi connectivity index (χ1) is 9.04. The van der Waals surface area contributed by atoms with Crippen LogP contribution in [0.2, 0.25) is 0 Å². The zero-order valence-electron chi connectivity index (χ0n) is 10.7. The molecule has 0 aliphatic rings. The Kier molecular flexibility index (Phi) is 3.95. The molecule has 0 aliphatic heterocycles. The molecule has 5 heteroatoms. The van der Waals surface area contributed by atoms with Gasteiger partial charge in [-0.25, -0.2) is 4.39 Å². The first kappa shape index (κ1) is 13.7. The molecule has 0 radical (unpaired) electrons. The quantitative estimate of drug-likeness (QED) is 0.869. The van der Waals surface area contributed by atoms with Crippen LogP contribution >= 0.6 is 15.9 Å². The molecule has 100 valence electrons. The lowest BCUT2D eigenvalue weighted by atomic mass is 10.2. The highest BCUT2D eigenvalue weighted by Crippen LogP contribution is 2.37. The van der Waals surface area contributed by atoms with Gasteiger partial charge in [0.05, 0.1) is 24.2 Å². The SMILES string of the molecule is COc1ccc(Br)cc1N(C)c1cccc(F)c1N. The van der Waals surface area contributed by atoms with E-state index in [0.717, 1.165) is 10.2 Å². The molecular formula is C14H14BrFN2O. The zero-order chi connectivity index (χ0) is 14.0. The van der Waals surface area contributed by atoms with Crippen molar-refractivity contribution in [1.29, 1.82) is 0 Å². The van der Waals surface area contributed by atoms with Gasteiger partial charge in [0.1, 0.15) is 11.6 Å². The molecule has 2 aromatic rings. The average molecular weight is 325 g/mol. The average Bonchev–Trinajstić information content (AvgIpc) is 2.41. The van der Waals surface area contributed by atoms with E-state index >= 15 is 0 Å². The van der Waals surface area contributed by atoms with Gasteiger partial charge in [0, 0.05) is 11.5 Å². The van der Waals surface area contributed by atoms with Gasteiger partial charge in [-0.2, -0.15) is 0 Å². The summed E-state index contributed by atoms with van der Waals surface area (Å²) in [6, 6.07) is 10.3. The molecule has 2 N–H and O–H groups in total. The minimum absolute atomic E-state index is 0.118. The standard InChI is InChI=1S/C14H14BrFN2O/c1-18(11-5-3-4-10(16)14(11)17)12-8-9(15)6-7-13(12)19-2/h3-8H,17H2,1-2H3. The van der Waals surface area contributed by atoms with Gasteiger partial charge in [-0.1, -0.05) is 22.0 Å². The van der Waals surface area contributed by atoms with Gasteiger partial charge in [0.25, 0.3) is 0 Å². The first-order valence-electron chi connectivity index (χ1n) is 5.66. The Labute approximate surface area is 119 Å². The fourth-order valence-corrected chi connectivity index (χ4v) is 2.22. The summed E-state index contributed by atoms with van der Waals surface area (Å²) < 4.78 is 19.7. The molecule has 0 fully saturated rings. The Hall–Kier alpha value is -1.75. The van der Waals surface area contributed by atoms with Crippen molar-refractivity contribution in [2.24, 2.45) is 0 Å². The number of nitrogens with zero attached hydrogens (tertiary/aromatic N) is 1. The Morgan fingerprint density at radius 3 is 2.63 bits per heavy atom. The van der Waals surface area contributed by atoms with Gasteiger partial charge in [0.15, 0.2) is 0 Å². The number of nitrogen functional groups attached to an aromatic ring is 1. The van der Waals surface area contributed by atoms with Crippen LogP contribution in [0.1, 0.15) is 0 Å². The molecule has 0 unspecified atom stereocenters. The van der Waals surface area contributed by atoms with Gasteiger partial charge in [-0.3, -0.25) is 0 Å². The minimum Gasteiger partial charge on any atom is -0.495 e. The van der Waals surface area contributed by atoms with Crippen molar-refractivity contribution in [3.8, 4) is 5.75 Å². The topological polar surface area (TPSA) is 38.5 Å². The molecule has 0 spiro atoms. The van der Waals surface area contributed by atoms with Gasteiger partial charge in [0.2, 0.25) is 0 Å². The predicted molar refractivity (Wildman–Crippen MR) is 79.6 cm³/mol. The van der Waals surface area contributed by atoms with Crippen LogP contribution in [0.3, 0.4) is 0 Å². The van der Waals surface area contributed by atoms with E-state index in [4.69, 9.17) is 10.5 Å². The lowest BCUT2D eigenvalue weighted by Crippen LogP contribution is -2.13. The van der Waals surface area contributed by atoms with Crippen LogP contribution in [0, 0.1) is 5.82 Å². The summed E-state index contributed by atoms with van der Waals surface area (Å²) in [5.74, 6) is 0.257. The van der Waals surface area contributed by atoms with Gasteiger partial charge >= 0.3 is 0 Å². The lowest BCUT2D eigenvalue weighted by molar-refractivity contribution is 0.415. The molecule has 0 heterocycles. The first-order valence-corrected chi connectivity index (χ1v) is 6.45. The Balaban J connectivity index is 2.52. The number of hydrogen-bond donors (Lipinski definition) is 1. The van der Waals surface area contributed by atoms with Gasteiger partial charge in [-0.05, 0) is 30.3 Å². The molecule has 0 saturated carbocycles. The Bertz CT molecular complexity index is 604. The number of hydrogen-bond acceptors (Lipinski definition) is 3. The Morgan fingerprint density at radius 1 is 1.21 bits per heavy atom. The minimum atomic E-state index is -0.432. The second-order valence-corrected chi connectivity index (χ2v) is 4.96. The van der Waals surface area contributed by atoms with E-state index in [9.17, 15) is 4.39 Å². The highest BCUT2D eigenvalue weighted by molar-refractivity contribution is 9.10. The maximum Gasteiger partial charge on any atom is 0.148 e. The lowest BCUT2D eigenvalue weighted by Gasteiger charge is -2.23. The van der Waals surface area contributed by atoms with Crippen LogP contribution in [-0.4, -0.2) is 14.2 Å². The summed E-state index contributed by atoms with van der Waals surface area (Å²) in [6.07, 6.45) is 0. The number of anilines is 3. The van der Waals surface area contributed by atoms with E-state index in [1.165, 1.54) is 6.07 Å². The van der Waals surface area contributed by atoms with E-state index in [2.05, 4.69) is 15.9 Å². The number of para-hydroxylation sites is 1. The molecular weight excluding hydrogens is 311 g/mol. The van der Waals surface area contributed by atoms with Crippen LogP contribution in [0.5, 0.6) is 5.75 Å². The number of nitrogens with two attached hydrogens (primary N) is 1. The monoisotopic (exact) mass is 324 g/mol. The summed E-state index contributed by atoms with van der Waals surface area (Å²) in [4.78, 5) is 1.79. The predicted octanol–water partition coefficient (Wildman–Crippen LogP) is 3.95. The summed E-state index contributed by atoms with van der Waals surface area (Å²) >= 11 is 3.41. The smallest absolute Gasteiger partial charge is 0.148 e. The van der Waals surface area contributed by atoms with Crippen molar-refractivity contribution in [1.82, 2.24) is 0 Å². The molecule has 2 rings (SSSR count). The molecule has 0 aliphatic carbocycles. The maximum atomic E-state index is 13.5. The molecule has 0 bridgehead atoms. The van der Waals surface area contributed by atoms with E-state index in [0.29, 0.717) is 11.4 Å². The summed E-state index contributed by atoms with van der Waals surface area (Å²) in [5, 5.41) is 0. The third-order valence-corrected chi connectivity index (χ3v) is 3.39. The summed E-state index contributed by atoms with van der Waals surface area (Å²) in [5.41, 5.74) is 7.29. The Morgan fingerprint density at radius 2 is 1.95 bits per heavy atom. The van der Waals surface area contributed by atoms with Crippen LogP contribution in [-0.2, 0) is 0 Å². The molecule has 3 nitrogen and oxygen atoms in total. The zero-order valence-corrected chi connectivity index (χ0v) is 12.2. The fourth-order valence-electron chi connectivity index (χ4n) is 1.87. The molecule has 0 aromatic heterocycles. The molecule has 0 atom stereocenters. The van der Waals surface area contributed by atoms with Crippen molar-refractivity contribution in [2.75, 3.05) is 24.8 Å². The van der Waals surface area contributed by atoms with Crippen LogP contribution in [0.4, 0.5) is 21.5 Å². The van der Waals surface area contributed by atoms with E-state index in [1.807, 2.05) is 25.2 Å². The third-order valence-electron chi connectivity index (χ3n) is 2.89. The second kappa shape index (κ2) is 5.48. The van der Waals surface area contributed by atoms with E-state index in [-0.39, 0.29) is 5.69 Å². The number of rotatable bonds is 3. The fraction of sp³-hybridized carbons (Fsp3) is 0.143. The highest BCUT2D eigenvalue weighted by atomic mass is 79.9. The third kappa shape index (κ3) is 2.66. The van der Waals surface area contributed by atoms with E-state index in [1.54, 1.807) is 24.1 Å². The van der Waals surface area contributed by atoms with Crippen molar-refractivity contribution < 1.29 is 9.13 Å². The van der Waals surface area contributed by atoms with Gasteiger partial charge in [-0.15, -0.1) is 0 Å². The number of halogens is 2. The van der Waals surface area contributed by atoms with Crippen molar-refractivity contribution in [3.63, 3.8) is 0 Å². The van der Waals surface area contributed by atoms with Gasteiger partial charge < -0.3 is 15.4 Å². The van der Waals surface area contributed by atoms with Crippen molar-refractivity contribution >= 4 is 33.0 Å². The highest BCUT2D eigenvalue weighted by Gasteiger charge is 2.14. The summed E-state index contributed by atoms with van der Waals surface area (Å²) in [6.45, 7) is 0. The molecule has 19 heavy (non-hydrogen) atoms. The number of ether oxygens (including phenoxy) is 1. The van der Waals surface area contributed by atoms with Crippen LogP contribution in [0.15, 0.2) is 40.9 Å². The number of methoxy groups -OCH3 is 1. The van der Waals surface area contributed by atoms with Crippen LogP contribution < -0.4 is 15.4 Å². The second-order valence-electron chi connectivity index (χ2n) is 4.05. The van der Waals surface area contributed by atoms with Crippen LogP contribution in [0.25, 0.3) is 0 Å².